The van der Waals surface area contributed by atoms with Crippen LogP contribution >= 0.6 is 0 Å². The van der Waals surface area contributed by atoms with Crippen molar-refractivity contribution in [2.45, 2.75) is 44.7 Å². The number of benzene rings is 2. The molecular weight excluding hydrogens is 386 g/mol. The number of sulfonamides is 1. The van der Waals surface area contributed by atoms with E-state index in [2.05, 4.69) is 6.07 Å². The molecule has 0 unspecified atom stereocenters. The second kappa shape index (κ2) is 9.68. The molecular formula is C22H27N3O3S. The Hall–Kier alpha value is -2.69. The Morgan fingerprint density at radius 2 is 1.79 bits per heavy atom. The van der Waals surface area contributed by atoms with Crippen LogP contribution in [-0.2, 0) is 16.6 Å². The fourth-order valence-corrected chi connectivity index (χ4v) is 4.26. The van der Waals surface area contributed by atoms with Crippen molar-refractivity contribution in [2.24, 2.45) is 0 Å². The minimum Gasteiger partial charge on any atom is -0.334 e. The minimum atomic E-state index is -3.67. The molecule has 0 aromatic heterocycles. The zero-order valence-corrected chi connectivity index (χ0v) is 18.1. The maximum atomic E-state index is 13.1. The molecule has 0 radical (unpaired) electrons. The molecule has 0 saturated carbocycles. The minimum absolute atomic E-state index is 0.106. The van der Waals surface area contributed by atoms with E-state index in [0.29, 0.717) is 24.2 Å². The predicted octanol–water partition coefficient (Wildman–Crippen LogP) is 3.64. The number of hydrogen-bond acceptors (Lipinski definition) is 4. The lowest BCUT2D eigenvalue weighted by Gasteiger charge is -2.24. The van der Waals surface area contributed by atoms with Gasteiger partial charge in [0.05, 0.1) is 16.5 Å². The molecule has 0 N–H and O–H groups in total. The molecule has 0 aliphatic carbocycles. The number of carbonyl (C=O) groups excluding carboxylic acids is 1. The van der Waals surface area contributed by atoms with Crippen molar-refractivity contribution in [2.75, 3.05) is 13.6 Å². The summed E-state index contributed by atoms with van der Waals surface area (Å²) in [5.74, 6) is -0.222. The van der Waals surface area contributed by atoms with Gasteiger partial charge in [-0.15, -0.1) is 0 Å². The van der Waals surface area contributed by atoms with Crippen LogP contribution in [0, 0.1) is 11.3 Å². The second-order valence-electron chi connectivity index (χ2n) is 7.18. The van der Waals surface area contributed by atoms with Gasteiger partial charge in [-0.2, -0.15) is 9.57 Å². The summed E-state index contributed by atoms with van der Waals surface area (Å²) >= 11 is 0. The largest absolute Gasteiger partial charge is 0.334 e. The third-order valence-corrected chi connectivity index (χ3v) is 6.75. The molecule has 154 valence electrons. The summed E-state index contributed by atoms with van der Waals surface area (Å²) in [6.45, 7) is 6.51. The SMILES string of the molecule is CCCN(Cc1ccc(C#N)cc1)C(=O)c1cccc(S(=O)(=O)N(C)C(C)C)c1. The van der Waals surface area contributed by atoms with Crippen LogP contribution in [0.2, 0.25) is 0 Å². The standard InChI is InChI=1S/C22H27N3O3S/c1-5-13-25(16-19-11-9-18(15-23)10-12-19)22(26)20-7-6-8-21(14-20)29(27,28)24(4)17(2)3/h6-12,14,17H,5,13,16H2,1-4H3. The Kier molecular flexibility index (Phi) is 7.54. The van der Waals surface area contributed by atoms with Gasteiger partial charge in [0.15, 0.2) is 0 Å². The highest BCUT2D eigenvalue weighted by molar-refractivity contribution is 7.89. The van der Waals surface area contributed by atoms with Crippen molar-refractivity contribution in [1.29, 1.82) is 5.26 Å². The molecule has 0 bridgehead atoms. The molecule has 7 heteroatoms. The van der Waals surface area contributed by atoms with E-state index in [9.17, 15) is 13.2 Å². The number of carbonyl (C=O) groups is 1. The normalized spacial score (nSPS) is 11.5. The lowest BCUT2D eigenvalue weighted by Crippen LogP contribution is -2.34. The van der Waals surface area contributed by atoms with Crippen molar-refractivity contribution in [1.82, 2.24) is 9.21 Å². The summed E-state index contributed by atoms with van der Waals surface area (Å²) in [4.78, 5) is 14.9. The Morgan fingerprint density at radius 1 is 1.14 bits per heavy atom. The summed E-state index contributed by atoms with van der Waals surface area (Å²) in [6.07, 6.45) is 0.774. The van der Waals surface area contributed by atoms with Crippen LogP contribution in [0.4, 0.5) is 0 Å². The number of amides is 1. The quantitative estimate of drug-likeness (QED) is 0.662. The van der Waals surface area contributed by atoms with Crippen molar-refractivity contribution in [3.63, 3.8) is 0 Å². The van der Waals surface area contributed by atoms with Crippen LogP contribution in [0.15, 0.2) is 53.4 Å². The lowest BCUT2D eigenvalue weighted by molar-refractivity contribution is 0.0743. The monoisotopic (exact) mass is 413 g/mol. The van der Waals surface area contributed by atoms with E-state index < -0.39 is 10.0 Å². The third kappa shape index (κ3) is 5.43. The van der Waals surface area contributed by atoms with E-state index >= 15 is 0 Å². The van der Waals surface area contributed by atoms with Crippen LogP contribution in [0.1, 0.15) is 48.7 Å². The summed E-state index contributed by atoms with van der Waals surface area (Å²) in [7, 11) is -2.14. The third-order valence-electron chi connectivity index (χ3n) is 4.72. The van der Waals surface area contributed by atoms with Gasteiger partial charge < -0.3 is 4.90 Å². The number of nitriles is 1. The van der Waals surface area contributed by atoms with Crippen molar-refractivity contribution >= 4 is 15.9 Å². The first-order chi connectivity index (χ1) is 13.7. The van der Waals surface area contributed by atoms with E-state index in [-0.39, 0.29) is 16.8 Å². The second-order valence-corrected chi connectivity index (χ2v) is 9.18. The predicted molar refractivity (Wildman–Crippen MR) is 113 cm³/mol. The Bertz CT molecular complexity index is 993. The molecule has 0 heterocycles. The molecule has 2 rings (SSSR count). The van der Waals surface area contributed by atoms with Crippen LogP contribution in [0.25, 0.3) is 0 Å². The van der Waals surface area contributed by atoms with Crippen molar-refractivity contribution in [3.05, 3.63) is 65.2 Å². The Labute approximate surface area is 173 Å². The van der Waals surface area contributed by atoms with Crippen molar-refractivity contribution < 1.29 is 13.2 Å². The van der Waals surface area contributed by atoms with Crippen LogP contribution in [0.5, 0.6) is 0 Å². The molecule has 0 saturated heterocycles. The molecule has 6 nitrogen and oxygen atoms in total. The van der Waals surface area contributed by atoms with Gasteiger partial charge in [0.2, 0.25) is 10.0 Å². The first kappa shape index (κ1) is 22.6. The first-order valence-electron chi connectivity index (χ1n) is 9.57. The fraction of sp³-hybridized carbons (Fsp3) is 0.364. The molecule has 1 amide bonds. The Balaban J connectivity index is 2.31. The molecule has 2 aromatic carbocycles. The maximum Gasteiger partial charge on any atom is 0.254 e. The van der Waals surface area contributed by atoms with Gasteiger partial charge in [0.25, 0.3) is 5.91 Å². The van der Waals surface area contributed by atoms with Gasteiger partial charge in [0, 0.05) is 31.7 Å². The molecule has 0 atom stereocenters. The van der Waals surface area contributed by atoms with E-state index in [1.807, 2.05) is 19.1 Å². The number of hydrogen-bond donors (Lipinski definition) is 0. The van der Waals surface area contributed by atoms with Gasteiger partial charge in [-0.05, 0) is 56.2 Å². The number of rotatable bonds is 8. The van der Waals surface area contributed by atoms with Crippen LogP contribution < -0.4 is 0 Å². The average molecular weight is 414 g/mol. The Morgan fingerprint density at radius 3 is 2.34 bits per heavy atom. The molecule has 0 aliphatic heterocycles. The fourth-order valence-electron chi connectivity index (χ4n) is 2.84. The smallest absolute Gasteiger partial charge is 0.254 e. The molecule has 29 heavy (non-hydrogen) atoms. The first-order valence-corrected chi connectivity index (χ1v) is 11.0. The zero-order valence-electron chi connectivity index (χ0n) is 17.3. The van der Waals surface area contributed by atoms with Gasteiger partial charge in [0.1, 0.15) is 0 Å². The molecule has 0 fully saturated rings. The maximum absolute atomic E-state index is 13.1. The van der Waals surface area contributed by atoms with Crippen LogP contribution in [-0.4, -0.2) is 43.2 Å². The molecule has 0 spiro atoms. The van der Waals surface area contributed by atoms with Gasteiger partial charge in [-0.25, -0.2) is 8.42 Å². The lowest BCUT2D eigenvalue weighted by atomic mass is 10.1. The van der Waals surface area contributed by atoms with E-state index in [1.165, 1.54) is 23.5 Å². The molecule has 2 aromatic rings. The van der Waals surface area contributed by atoms with Gasteiger partial charge in [-0.3, -0.25) is 4.79 Å². The summed E-state index contributed by atoms with van der Waals surface area (Å²) in [5, 5.41) is 8.93. The summed E-state index contributed by atoms with van der Waals surface area (Å²) in [5.41, 5.74) is 1.81. The van der Waals surface area contributed by atoms with E-state index in [1.54, 1.807) is 43.0 Å². The highest BCUT2D eigenvalue weighted by Gasteiger charge is 2.25. The topological polar surface area (TPSA) is 81.5 Å². The highest BCUT2D eigenvalue weighted by atomic mass is 32.2. The summed E-state index contributed by atoms with van der Waals surface area (Å²) in [6, 6.07) is 15.2. The van der Waals surface area contributed by atoms with Gasteiger partial charge in [-0.1, -0.05) is 25.1 Å². The van der Waals surface area contributed by atoms with Crippen molar-refractivity contribution in [3.8, 4) is 6.07 Å². The summed E-state index contributed by atoms with van der Waals surface area (Å²) < 4.78 is 26.8. The highest BCUT2D eigenvalue weighted by Crippen LogP contribution is 2.19. The molecule has 0 aliphatic rings. The van der Waals surface area contributed by atoms with Crippen LogP contribution in [0.3, 0.4) is 0 Å². The zero-order chi connectivity index (χ0) is 21.6. The van der Waals surface area contributed by atoms with E-state index in [4.69, 9.17) is 5.26 Å². The van der Waals surface area contributed by atoms with E-state index in [0.717, 1.165) is 12.0 Å². The average Bonchev–Trinajstić information content (AvgIpc) is 2.72. The van der Waals surface area contributed by atoms with Gasteiger partial charge >= 0.3 is 0 Å². The number of nitrogens with zero attached hydrogens (tertiary/aromatic N) is 3.